The zero-order valence-electron chi connectivity index (χ0n) is 17.6. The lowest BCUT2D eigenvalue weighted by Crippen LogP contribution is -2.51. The molecule has 1 saturated carbocycles. The molecule has 1 saturated heterocycles. The molecule has 1 amide bonds. The zero-order valence-corrected chi connectivity index (χ0v) is 17.6. The van der Waals surface area contributed by atoms with E-state index < -0.39 is 0 Å². The maximum atomic E-state index is 12.8. The average molecular weight is 400 g/mol. The van der Waals surface area contributed by atoms with Crippen LogP contribution in [0.5, 0.6) is 0 Å². The first-order chi connectivity index (χ1) is 14.1. The molecule has 0 radical (unpaired) electrons. The predicted molar refractivity (Wildman–Crippen MR) is 113 cm³/mol. The summed E-state index contributed by atoms with van der Waals surface area (Å²) < 4.78 is 7.53. The van der Waals surface area contributed by atoms with Gasteiger partial charge in [-0.05, 0) is 37.0 Å². The Morgan fingerprint density at radius 2 is 1.97 bits per heavy atom. The first-order valence-corrected chi connectivity index (χ1v) is 11.1. The molecule has 1 N–H and O–H groups in total. The van der Waals surface area contributed by atoms with Gasteiger partial charge in [0.05, 0.1) is 24.8 Å². The molecule has 7 nitrogen and oxygen atoms in total. The second-order valence-electron chi connectivity index (χ2n) is 8.70. The lowest BCUT2D eigenvalue weighted by molar-refractivity contribution is 0.00673. The Hall–Kier alpha value is -1.99. The van der Waals surface area contributed by atoms with Crippen LogP contribution >= 0.6 is 0 Å². The van der Waals surface area contributed by atoms with E-state index in [1.54, 1.807) is 0 Å². The van der Waals surface area contributed by atoms with Gasteiger partial charge in [0.2, 0.25) is 0 Å². The fourth-order valence-electron chi connectivity index (χ4n) is 4.67. The molecule has 2 aliphatic rings. The minimum atomic E-state index is -0.0435. The van der Waals surface area contributed by atoms with E-state index in [0.29, 0.717) is 30.1 Å². The number of aromatic nitrogens is 3. The molecule has 1 aromatic carbocycles. The monoisotopic (exact) mass is 399 g/mol. The summed E-state index contributed by atoms with van der Waals surface area (Å²) in [7, 11) is 0. The van der Waals surface area contributed by atoms with E-state index in [4.69, 9.17) is 4.74 Å². The van der Waals surface area contributed by atoms with E-state index in [1.807, 2.05) is 18.2 Å². The van der Waals surface area contributed by atoms with Crippen LogP contribution in [0.15, 0.2) is 18.2 Å². The van der Waals surface area contributed by atoms with Crippen molar-refractivity contribution in [3.63, 3.8) is 0 Å². The van der Waals surface area contributed by atoms with Gasteiger partial charge in [0.15, 0.2) is 0 Å². The van der Waals surface area contributed by atoms with E-state index in [2.05, 4.69) is 39.1 Å². The summed E-state index contributed by atoms with van der Waals surface area (Å²) in [6.07, 6.45) is 6.16. The Kier molecular flexibility index (Phi) is 6.45. The Morgan fingerprint density at radius 3 is 2.69 bits per heavy atom. The molecule has 2 heterocycles. The van der Waals surface area contributed by atoms with Gasteiger partial charge in [0.1, 0.15) is 5.52 Å². The molecule has 1 aliphatic heterocycles. The summed E-state index contributed by atoms with van der Waals surface area (Å²) in [6, 6.07) is 6.53. The Bertz CT molecular complexity index is 822. The third-order valence-corrected chi connectivity index (χ3v) is 6.41. The largest absolute Gasteiger partial charge is 0.379 e. The molecular formula is C22H33N5O2. The zero-order chi connectivity index (χ0) is 20.2. The number of morpholine rings is 1. The molecule has 7 heteroatoms. The van der Waals surface area contributed by atoms with Crippen LogP contribution in [-0.2, 0) is 4.74 Å². The first kappa shape index (κ1) is 20.3. The molecule has 2 aromatic rings. The van der Waals surface area contributed by atoms with Crippen LogP contribution in [0.3, 0.4) is 0 Å². The highest BCUT2D eigenvalue weighted by molar-refractivity contribution is 5.97. The van der Waals surface area contributed by atoms with Gasteiger partial charge < -0.3 is 10.1 Å². The van der Waals surface area contributed by atoms with Gasteiger partial charge in [-0.2, -0.15) is 0 Å². The van der Waals surface area contributed by atoms with Crippen LogP contribution in [0.4, 0.5) is 0 Å². The number of carbonyl (C=O) groups is 1. The standard InChI is InChI=1S/C22H33N5O2/c1-16(2)21(26-10-12-29-13-11-26)15-23-22(28)17-8-9-20-19(14-17)24-25-27(20)18-6-4-3-5-7-18/h8-9,14,16,18,21H,3-7,10-13,15H2,1-2H3,(H,23,28)/t21-/m1/s1. The van der Waals surface area contributed by atoms with E-state index in [9.17, 15) is 4.79 Å². The number of rotatable bonds is 6. The van der Waals surface area contributed by atoms with Crippen molar-refractivity contribution in [2.75, 3.05) is 32.8 Å². The smallest absolute Gasteiger partial charge is 0.251 e. The van der Waals surface area contributed by atoms with Crippen molar-refractivity contribution < 1.29 is 9.53 Å². The molecule has 1 aliphatic carbocycles. The highest BCUT2D eigenvalue weighted by atomic mass is 16.5. The number of nitrogens with one attached hydrogen (secondary N) is 1. The normalized spacial score (nSPS) is 20.2. The maximum Gasteiger partial charge on any atom is 0.251 e. The maximum absolute atomic E-state index is 12.8. The quantitative estimate of drug-likeness (QED) is 0.808. The van der Waals surface area contributed by atoms with E-state index in [-0.39, 0.29) is 5.91 Å². The minimum absolute atomic E-state index is 0.0435. The summed E-state index contributed by atoms with van der Waals surface area (Å²) in [6.45, 7) is 8.45. The van der Waals surface area contributed by atoms with Crippen LogP contribution in [0.25, 0.3) is 11.0 Å². The fraction of sp³-hybridized carbons (Fsp3) is 0.682. The van der Waals surface area contributed by atoms with Gasteiger partial charge >= 0.3 is 0 Å². The van der Waals surface area contributed by atoms with Crippen molar-refractivity contribution in [2.24, 2.45) is 5.92 Å². The van der Waals surface area contributed by atoms with E-state index in [1.165, 1.54) is 32.1 Å². The highest BCUT2D eigenvalue weighted by Gasteiger charge is 2.25. The van der Waals surface area contributed by atoms with Crippen molar-refractivity contribution >= 4 is 16.9 Å². The molecule has 0 unspecified atom stereocenters. The van der Waals surface area contributed by atoms with Crippen molar-refractivity contribution in [1.29, 1.82) is 0 Å². The summed E-state index contributed by atoms with van der Waals surface area (Å²) in [5.41, 5.74) is 2.48. The molecule has 1 atom stereocenters. The number of fused-ring (bicyclic) bond motifs is 1. The second kappa shape index (κ2) is 9.22. The van der Waals surface area contributed by atoms with Gasteiger partial charge in [0.25, 0.3) is 5.91 Å². The number of hydrogen-bond donors (Lipinski definition) is 1. The summed E-state index contributed by atoms with van der Waals surface area (Å²) in [5, 5.41) is 11.9. The van der Waals surface area contributed by atoms with Crippen molar-refractivity contribution in [3.05, 3.63) is 23.8 Å². The van der Waals surface area contributed by atoms with Gasteiger partial charge in [-0.25, -0.2) is 4.68 Å². The summed E-state index contributed by atoms with van der Waals surface area (Å²) >= 11 is 0. The Morgan fingerprint density at radius 1 is 1.21 bits per heavy atom. The third-order valence-electron chi connectivity index (χ3n) is 6.41. The molecule has 158 valence electrons. The number of carbonyl (C=O) groups excluding carboxylic acids is 1. The molecular weight excluding hydrogens is 366 g/mol. The van der Waals surface area contributed by atoms with Crippen molar-refractivity contribution in [2.45, 2.75) is 58.0 Å². The van der Waals surface area contributed by atoms with Crippen molar-refractivity contribution in [3.8, 4) is 0 Å². The number of amides is 1. The van der Waals surface area contributed by atoms with Crippen molar-refractivity contribution in [1.82, 2.24) is 25.2 Å². The molecule has 0 bridgehead atoms. The second-order valence-corrected chi connectivity index (χ2v) is 8.70. The minimum Gasteiger partial charge on any atom is -0.379 e. The van der Waals surface area contributed by atoms with Crippen LogP contribution in [0.2, 0.25) is 0 Å². The van der Waals surface area contributed by atoms with Crippen LogP contribution in [0.1, 0.15) is 62.4 Å². The number of benzene rings is 1. The van der Waals surface area contributed by atoms with Gasteiger partial charge in [-0.1, -0.05) is 38.3 Å². The highest BCUT2D eigenvalue weighted by Crippen LogP contribution is 2.29. The number of ether oxygens (including phenoxy) is 1. The molecule has 29 heavy (non-hydrogen) atoms. The fourth-order valence-corrected chi connectivity index (χ4v) is 4.67. The molecule has 4 rings (SSSR count). The average Bonchev–Trinajstić information content (AvgIpc) is 3.18. The number of nitrogens with zero attached hydrogens (tertiary/aromatic N) is 4. The van der Waals surface area contributed by atoms with E-state index >= 15 is 0 Å². The SMILES string of the molecule is CC(C)[C@@H](CNC(=O)c1ccc2c(c1)nnn2C1CCCCC1)N1CCOCC1. The summed E-state index contributed by atoms with van der Waals surface area (Å²) in [4.78, 5) is 15.2. The Balaban J connectivity index is 1.42. The predicted octanol–water partition coefficient (Wildman–Crippen LogP) is 3.02. The van der Waals surface area contributed by atoms with Gasteiger partial charge in [0, 0.05) is 31.2 Å². The Labute approximate surface area is 172 Å². The number of hydrogen-bond acceptors (Lipinski definition) is 5. The topological polar surface area (TPSA) is 72.3 Å². The van der Waals surface area contributed by atoms with E-state index in [0.717, 1.165) is 37.3 Å². The van der Waals surface area contributed by atoms with Gasteiger partial charge in [-0.15, -0.1) is 5.10 Å². The lowest BCUT2D eigenvalue weighted by Gasteiger charge is -2.36. The van der Waals surface area contributed by atoms with Gasteiger partial charge in [-0.3, -0.25) is 9.69 Å². The van der Waals surface area contributed by atoms with Crippen LogP contribution in [0, 0.1) is 5.92 Å². The third kappa shape index (κ3) is 4.61. The van der Waals surface area contributed by atoms with Crippen LogP contribution < -0.4 is 5.32 Å². The molecule has 1 aromatic heterocycles. The lowest BCUT2D eigenvalue weighted by atomic mass is 9.95. The molecule has 0 spiro atoms. The summed E-state index contributed by atoms with van der Waals surface area (Å²) in [5.74, 6) is 0.421. The first-order valence-electron chi connectivity index (χ1n) is 11.1. The van der Waals surface area contributed by atoms with Crippen LogP contribution in [-0.4, -0.2) is 64.7 Å². The molecule has 2 fully saturated rings.